The summed E-state index contributed by atoms with van der Waals surface area (Å²) in [7, 11) is 1.47. The molecule has 2 aliphatic rings. The predicted octanol–water partition coefficient (Wildman–Crippen LogP) is 3.80. The van der Waals surface area contributed by atoms with Crippen LogP contribution in [0.5, 0.6) is 17.2 Å². The smallest absolute Gasteiger partial charge is 0.347 e. The number of carboxylic acids is 1. The zero-order valence-corrected chi connectivity index (χ0v) is 23.1. The van der Waals surface area contributed by atoms with Crippen LogP contribution in [0.1, 0.15) is 42.6 Å². The number of piperidine rings is 1. The first kappa shape index (κ1) is 28.3. The van der Waals surface area contributed by atoms with Gasteiger partial charge in [0.25, 0.3) is 5.91 Å². The molecule has 0 saturated carbocycles. The Morgan fingerprint density at radius 3 is 2.55 bits per heavy atom. The number of ether oxygens (including phenoxy) is 3. The highest BCUT2D eigenvalue weighted by Crippen LogP contribution is 2.42. The van der Waals surface area contributed by atoms with E-state index < -0.39 is 23.6 Å². The van der Waals surface area contributed by atoms with Gasteiger partial charge < -0.3 is 34.6 Å². The van der Waals surface area contributed by atoms with E-state index in [4.69, 9.17) is 37.4 Å². The molecule has 0 bridgehead atoms. The first-order valence-corrected chi connectivity index (χ1v) is 13.2. The lowest BCUT2D eigenvalue weighted by Crippen LogP contribution is -2.49. The number of likely N-dealkylation sites (tertiary alicyclic amines) is 1. The Labute approximate surface area is 231 Å². The number of hydrogen-bond donors (Lipinski definition) is 3. The first-order valence-electron chi connectivity index (χ1n) is 12.4. The second-order valence-corrected chi connectivity index (χ2v) is 11.1. The third kappa shape index (κ3) is 6.29. The molecule has 2 aromatic carbocycles. The highest BCUT2D eigenvalue weighted by Gasteiger charge is 2.42. The number of nitrogens with one attached hydrogen (secondary N) is 1. The number of β-amino-alcohol motifs (C(OH)–C–C–N with tert-alkyl or cyclic N) is 1. The number of rotatable bonds is 9. The molecular formula is C27H32Cl2N2O7. The van der Waals surface area contributed by atoms with Crippen molar-refractivity contribution in [1.82, 2.24) is 10.2 Å². The summed E-state index contributed by atoms with van der Waals surface area (Å²) in [6.45, 7) is 4.57. The quantitative estimate of drug-likeness (QED) is 0.419. The lowest BCUT2D eigenvalue weighted by molar-refractivity contribution is -0.152. The molecule has 0 radical (unpaired) electrons. The highest BCUT2D eigenvalue weighted by molar-refractivity contribution is 6.32. The first-order chi connectivity index (χ1) is 17.9. The number of amides is 1. The van der Waals surface area contributed by atoms with E-state index in [0.29, 0.717) is 11.6 Å². The van der Waals surface area contributed by atoms with Crippen LogP contribution in [0.3, 0.4) is 0 Å². The monoisotopic (exact) mass is 566 g/mol. The van der Waals surface area contributed by atoms with E-state index in [9.17, 15) is 19.8 Å². The SMILES string of the molecule is CNC(=O)c1cc(Cl)c(OC(C)(C)C(=O)O)cc1OCC(O)CN1CCC2(CC1)Cc1cc(Cl)ccc1O2. The average molecular weight is 567 g/mol. The van der Waals surface area contributed by atoms with Gasteiger partial charge in [0.15, 0.2) is 5.60 Å². The van der Waals surface area contributed by atoms with Crippen molar-refractivity contribution in [2.24, 2.45) is 0 Å². The number of aliphatic hydroxyl groups excluding tert-OH is 1. The Bertz CT molecular complexity index is 1210. The third-order valence-corrected chi connectivity index (χ3v) is 7.45. The van der Waals surface area contributed by atoms with Crippen molar-refractivity contribution in [3.8, 4) is 17.2 Å². The Morgan fingerprint density at radius 2 is 1.89 bits per heavy atom. The van der Waals surface area contributed by atoms with Crippen LogP contribution in [-0.2, 0) is 11.2 Å². The van der Waals surface area contributed by atoms with Crippen LogP contribution in [-0.4, -0.2) is 77.6 Å². The maximum absolute atomic E-state index is 12.4. The van der Waals surface area contributed by atoms with Crippen molar-refractivity contribution in [3.63, 3.8) is 0 Å². The molecule has 11 heteroatoms. The van der Waals surface area contributed by atoms with Crippen molar-refractivity contribution in [3.05, 3.63) is 51.5 Å². The van der Waals surface area contributed by atoms with Crippen LogP contribution in [0.15, 0.2) is 30.3 Å². The minimum atomic E-state index is -1.56. The summed E-state index contributed by atoms with van der Waals surface area (Å²) in [4.78, 5) is 26.0. The zero-order chi connectivity index (χ0) is 27.7. The van der Waals surface area contributed by atoms with Gasteiger partial charge in [0.2, 0.25) is 0 Å². The molecule has 38 heavy (non-hydrogen) atoms. The number of nitrogens with zero attached hydrogens (tertiary/aromatic N) is 1. The lowest BCUT2D eigenvalue weighted by atomic mass is 9.87. The number of halogens is 2. The number of aliphatic carboxylic acids is 1. The van der Waals surface area contributed by atoms with Crippen LogP contribution < -0.4 is 19.5 Å². The van der Waals surface area contributed by atoms with E-state index in [1.165, 1.54) is 33.0 Å². The molecular weight excluding hydrogens is 535 g/mol. The van der Waals surface area contributed by atoms with Gasteiger partial charge in [0.05, 0.1) is 10.6 Å². The van der Waals surface area contributed by atoms with E-state index in [2.05, 4.69) is 10.2 Å². The normalized spacial score (nSPS) is 17.4. The van der Waals surface area contributed by atoms with E-state index in [0.717, 1.165) is 43.7 Å². The van der Waals surface area contributed by atoms with E-state index in [1.807, 2.05) is 18.2 Å². The summed E-state index contributed by atoms with van der Waals surface area (Å²) in [6, 6.07) is 8.44. The van der Waals surface area contributed by atoms with Gasteiger partial charge in [-0.05, 0) is 43.7 Å². The average Bonchev–Trinajstić information content (AvgIpc) is 3.21. The Hall–Kier alpha value is -2.72. The van der Waals surface area contributed by atoms with Gasteiger partial charge in [-0.25, -0.2) is 4.79 Å². The molecule has 1 spiro atoms. The van der Waals surface area contributed by atoms with E-state index >= 15 is 0 Å². The third-order valence-electron chi connectivity index (χ3n) is 6.92. The Morgan fingerprint density at radius 1 is 1.18 bits per heavy atom. The van der Waals surface area contributed by atoms with Gasteiger partial charge in [-0.15, -0.1) is 0 Å². The molecule has 206 valence electrons. The standard InChI is InChI=1S/C27H32Cl2N2O7/c1-26(2,25(34)35)37-23-12-22(19(11-20(23)29)24(33)30-3)36-15-18(32)14-31-8-6-27(7-9-31)13-16-10-17(28)4-5-21(16)38-27/h4-5,10-12,18,32H,6-9,13-15H2,1-3H3,(H,30,33)(H,34,35). The number of hydrogen-bond acceptors (Lipinski definition) is 7. The fourth-order valence-electron chi connectivity index (χ4n) is 4.72. The number of carbonyl (C=O) groups is 2. The molecule has 1 fully saturated rings. The molecule has 4 rings (SSSR count). The van der Waals surface area contributed by atoms with Gasteiger partial charge in [0.1, 0.15) is 35.6 Å². The van der Waals surface area contributed by atoms with E-state index in [1.54, 1.807) is 0 Å². The number of carbonyl (C=O) groups excluding carboxylic acids is 1. The molecule has 1 atom stereocenters. The molecule has 1 amide bonds. The lowest BCUT2D eigenvalue weighted by Gasteiger charge is -2.39. The molecule has 2 aliphatic heterocycles. The molecule has 1 saturated heterocycles. The number of aliphatic hydroxyl groups is 1. The fourth-order valence-corrected chi connectivity index (χ4v) is 5.12. The highest BCUT2D eigenvalue weighted by atomic mass is 35.5. The Balaban J connectivity index is 1.36. The maximum Gasteiger partial charge on any atom is 0.347 e. The number of carboxylic acid groups (broad SMARTS) is 1. The topological polar surface area (TPSA) is 118 Å². The molecule has 9 nitrogen and oxygen atoms in total. The minimum absolute atomic E-state index is 0.0522. The van der Waals surface area contributed by atoms with Crippen molar-refractivity contribution < 1.29 is 34.0 Å². The summed E-state index contributed by atoms with van der Waals surface area (Å²) in [6.07, 6.45) is 1.64. The fraction of sp³-hybridized carbons (Fsp3) is 0.481. The maximum atomic E-state index is 12.4. The van der Waals surface area contributed by atoms with Crippen molar-refractivity contribution in [2.75, 3.05) is 33.3 Å². The van der Waals surface area contributed by atoms with Gasteiger partial charge in [-0.2, -0.15) is 0 Å². The molecule has 3 N–H and O–H groups in total. The Kier molecular flexibility index (Phi) is 8.32. The zero-order valence-electron chi connectivity index (χ0n) is 21.6. The van der Waals surface area contributed by atoms with Gasteiger partial charge in [-0.3, -0.25) is 4.79 Å². The van der Waals surface area contributed by atoms with Crippen LogP contribution in [0.2, 0.25) is 10.0 Å². The molecule has 0 aromatic heterocycles. The predicted molar refractivity (Wildman–Crippen MR) is 143 cm³/mol. The number of benzene rings is 2. The van der Waals surface area contributed by atoms with Crippen molar-refractivity contribution >= 4 is 35.1 Å². The van der Waals surface area contributed by atoms with Crippen LogP contribution >= 0.6 is 23.2 Å². The van der Waals surface area contributed by atoms with Crippen molar-refractivity contribution in [1.29, 1.82) is 0 Å². The minimum Gasteiger partial charge on any atom is -0.490 e. The second kappa shape index (κ2) is 11.2. The van der Waals surface area contributed by atoms with Crippen LogP contribution in [0.25, 0.3) is 0 Å². The summed E-state index contributed by atoms with van der Waals surface area (Å²) >= 11 is 12.4. The number of fused-ring (bicyclic) bond motifs is 1. The summed E-state index contributed by atoms with van der Waals surface area (Å²) in [5.41, 5.74) is -0.527. The molecule has 2 heterocycles. The summed E-state index contributed by atoms with van der Waals surface area (Å²) in [5, 5.41) is 23.4. The molecule has 1 unspecified atom stereocenters. The van der Waals surface area contributed by atoms with Crippen LogP contribution in [0, 0.1) is 0 Å². The van der Waals surface area contributed by atoms with Gasteiger partial charge in [0, 0.05) is 57.0 Å². The molecule has 2 aromatic rings. The van der Waals surface area contributed by atoms with E-state index in [-0.39, 0.29) is 34.3 Å². The summed E-state index contributed by atoms with van der Waals surface area (Å²) in [5.74, 6) is -0.559. The van der Waals surface area contributed by atoms with Gasteiger partial charge in [-0.1, -0.05) is 23.2 Å². The molecule has 0 aliphatic carbocycles. The second-order valence-electron chi connectivity index (χ2n) is 10.3. The van der Waals surface area contributed by atoms with Gasteiger partial charge >= 0.3 is 5.97 Å². The summed E-state index contributed by atoms with van der Waals surface area (Å²) < 4.78 is 17.7. The van der Waals surface area contributed by atoms with Crippen LogP contribution in [0.4, 0.5) is 0 Å². The largest absolute Gasteiger partial charge is 0.490 e. The van der Waals surface area contributed by atoms with Crippen molar-refractivity contribution in [2.45, 2.75) is 50.4 Å².